The molecule has 1 N–H and O–H groups in total. The Morgan fingerprint density at radius 3 is 2.85 bits per heavy atom. The number of hydrogen-bond acceptors (Lipinski definition) is 4. The molecule has 0 aliphatic carbocycles. The Morgan fingerprint density at radius 1 is 1.30 bits per heavy atom. The highest BCUT2D eigenvalue weighted by molar-refractivity contribution is 5.95. The topological polar surface area (TPSA) is 82.4 Å². The van der Waals surface area contributed by atoms with E-state index in [9.17, 15) is 9.59 Å². The van der Waals surface area contributed by atoms with Crippen LogP contribution in [0.4, 0.5) is 5.69 Å². The second-order valence-electron chi connectivity index (χ2n) is 6.40. The van der Waals surface area contributed by atoms with Crippen LogP contribution in [0.5, 0.6) is 5.75 Å². The van der Waals surface area contributed by atoms with Crippen molar-refractivity contribution in [2.24, 2.45) is 0 Å². The summed E-state index contributed by atoms with van der Waals surface area (Å²) in [6, 6.07) is 16.5. The van der Waals surface area contributed by atoms with E-state index in [1.807, 2.05) is 30.3 Å². The van der Waals surface area contributed by atoms with Gasteiger partial charge in [0, 0.05) is 25.2 Å². The number of ether oxygens (including phenoxy) is 1. The summed E-state index contributed by atoms with van der Waals surface area (Å²) < 4.78 is 5.62. The minimum absolute atomic E-state index is 0.134. The normalized spacial score (nSPS) is 14.5. The first-order valence-electron chi connectivity index (χ1n) is 8.91. The molecule has 1 aliphatic heterocycles. The molecule has 0 bridgehead atoms. The number of nitriles is 1. The third kappa shape index (κ3) is 4.45. The average Bonchev–Trinajstić information content (AvgIpc) is 3.12. The van der Waals surface area contributed by atoms with Gasteiger partial charge in [-0.15, -0.1) is 0 Å². The van der Waals surface area contributed by atoms with E-state index in [1.165, 1.54) is 0 Å². The Morgan fingerprint density at radius 2 is 2.11 bits per heavy atom. The van der Waals surface area contributed by atoms with Crippen molar-refractivity contribution in [3.63, 3.8) is 0 Å². The molecule has 1 saturated heterocycles. The Labute approximate surface area is 158 Å². The highest BCUT2D eigenvalue weighted by Gasteiger charge is 2.22. The summed E-state index contributed by atoms with van der Waals surface area (Å²) in [4.78, 5) is 26.0. The molecular weight excluding hydrogens is 342 g/mol. The van der Waals surface area contributed by atoms with Crippen molar-refractivity contribution < 1.29 is 14.3 Å². The molecule has 1 heterocycles. The molecule has 1 fully saturated rings. The fourth-order valence-electron chi connectivity index (χ4n) is 2.99. The van der Waals surface area contributed by atoms with E-state index in [0.717, 1.165) is 24.2 Å². The molecule has 2 aromatic carbocycles. The highest BCUT2D eigenvalue weighted by atomic mass is 16.5. The number of rotatable bonds is 6. The zero-order chi connectivity index (χ0) is 19.2. The zero-order valence-corrected chi connectivity index (χ0v) is 15.1. The van der Waals surface area contributed by atoms with Crippen molar-refractivity contribution in [3.05, 3.63) is 59.7 Å². The van der Waals surface area contributed by atoms with Gasteiger partial charge in [0.25, 0.3) is 5.91 Å². The molecule has 1 unspecified atom stereocenters. The van der Waals surface area contributed by atoms with Crippen molar-refractivity contribution in [3.8, 4) is 11.8 Å². The molecule has 1 atom stereocenters. The number of hydrogen-bond donors (Lipinski definition) is 1. The summed E-state index contributed by atoms with van der Waals surface area (Å²) in [5.41, 5.74) is 2.15. The van der Waals surface area contributed by atoms with Crippen LogP contribution in [0.25, 0.3) is 0 Å². The lowest BCUT2D eigenvalue weighted by Crippen LogP contribution is -2.36. The lowest BCUT2D eigenvalue weighted by molar-refractivity contribution is -0.127. The largest absolute Gasteiger partial charge is 0.480 e. The molecule has 0 aromatic heterocycles. The van der Waals surface area contributed by atoms with Gasteiger partial charge in [-0.2, -0.15) is 5.26 Å². The maximum absolute atomic E-state index is 12.3. The summed E-state index contributed by atoms with van der Waals surface area (Å²) in [6.07, 6.45) is 0.724. The van der Waals surface area contributed by atoms with Gasteiger partial charge in [0.2, 0.25) is 5.91 Å². The minimum Gasteiger partial charge on any atom is -0.480 e. The lowest BCUT2D eigenvalue weighted by Gasteiger charge is -2.18. The number of amides is 2. The first kappa shape index (κ1) is 18.5. The Hall–Kier alpha value is -3.33. The Kier molecular flexibility index (Phi) is 5.72. The van der Waals surface area contributed by atoms with Gasteiger partial charge in [-0.05, 0) is 43.2 Å². The second kappa shape index (κ2) is 8.37. The van der Waals surface area contributed by atoms with Gasteiger partial charge in [-0.25, -0.2) is 0 Å². The van der Waals surface area contributed by atoms with E-state index < -0.39 is 6.10 Å². The SMILES string of the molecule is CC(Oc1ccccc1C#N)C(=O)NCc1cccc(N2CCCC2=O)c1. The maximum Gasteiger partial charge on any atom is 0.261 e. The summed E-state index contributed by atoms with van der Waals surface area (Å²) in [5.74, 6) is 0.247. The molecule has 2 amide bonds. The fourth-order valence-corrected chi connectivity index (χ4v) is 2.99. The van der Waals surface area contributed by atoms with E-state index in [-0.39, 0.29) is 11.8 Å². The fraction of sp³-hybridized carbons (Fsp3) is 0.286. The molecule has 2 aromatic rings. The van der Waals surface area contributed by atoms with Gasteiger partial charge < -0.3 is 15.0 Å². The second-order valence-corrected chi connectivity index (χ2v) is 6.40. The average molecular weight is 363 g/mol. The van der Waals surface area contributed by atoms with Crippen LogP contribution in [0, 0.1) is 11.3 Å². The van der Waals surface area contributed by atoms with Crippen LogP contribution < -0.4 is 15.0 Å². The number of benzene rings is 2. The number of carbonyl (C=O) groups is 2. The molecule has 1 aliphatic rings. The summed E-state index contributed by atoms with van der Waals surface area (Å²) >= 11 is 0. The van der Waals surface area contributed by atoms with Crippen LogP contribution in [0.15, 0.2) is 48.5 Å². The van der Waals surface area contributed by atoms with Crippen molar-refractivity contribution in [2.45, 2.75) is 32.4 Å². The third-order valence-electron chi connectivity index (χ3n) is 4.44. The number of carbonyl (C=O) groups excluding carboxylic acids is 2. The molecule has 6 heteroatoms. The van der Waals surface area contributed by atoms with Gasteiger partial charge in [-0.3, -0.25) is 9.59 Å². The lowest BCUT2D eigenvalue weighted by atomic mass is 10.2. The number of nitrogens with one attached hydrogen (secondary N) is 1. The first-order valence-corrected chi connectivity index (χ1v) is 8.91. The molecule has 3 rings (SSSR count). The van der Waals surface area contributed by atoms with Crippen molar-refractivity contribution in [1.29, 1.82) is 5.26 Å². The Balaban J connectivity index is 1.59. The predicted octanol–water partition coefficient (Wildman–Crippen LogP) is 2.77. The maximum atomic E-state index is 12.3. The summed E-state index contributed by atoms with van der Waals surface area (Å²) in [5, 5.41) is 11.9. The van der Waals surface area contributed by atoms with Crippen molar-refractivity contribution in [2.75, 3.05) is 11.4 Å². The molecule has 0 spiro atoms. The first-order chi connectivity index (χ1) is 13.1. The predicted molar refractivity (Wildman–Crippen MR) is 101 cm³/mol. The van der Waals surface area contributed by atoms with Crippen LogP contribution in [0.1, 0.15) is 30.9 Å². The molecule has 0 saturated carbocycles. The van der Waals surface area contributed by atoms with Crippen LogP contribution in [0.2, 0.25) is 0 Å². The molecule has 138 valence electrons. The van der Waals surface area contributed by atoms with Crippen molar-refractivity contribution in [1.82, 2.24) is 5.32 Å². The molecular formula is C21H21N3O3. The third-order valence-corrected chi connectivity index (χ3v) is 4.44. The molecule has 6 nitrogen and oxygen atoms in total. The number of nitrogens with zero attached hydrogens (tertiary/aromatic N) is 2. The zero-order valence-electron chi connectivity index (χ0n) is 15.1. The van der Waals surface area contributed by atoms with E-state index in [2.05, 4.69) is 5.32 Å². The van der Waals surface area contributed by atoms with Crippen LogP contribution in [0.3, 0.4) is 0 Å². The number of para-hydroxylation sites is 1. The standard InChI is InChI=1S/C21H21N3O3/c1-15(27-19-9-3-2-7-17(19)13-22)21(26)23-14-16-6-4-8-18(12-16)24-11-5-10-20(24)25/h2-4,6-9,12,15H,5,10-11,14H2,1H3,(H,23,26). The summed E-state index contributed by atoms with van der Waals surface area (Å²) in [7, 11) is 0. The van der Waals surface area contributed by atoms with Gasteiger partial charge in [0.1, 0.15) is 11.8 Å². The van der Waals surface area contributed by atoms with Gasteiger partial charge in [0.15, 0.2) is 6.10 Å². The van der Waals surface area contributed by atoms with Crippen LogP contribution in [-0.2, 0) is 16.1 Å². The number of anilines is 1. The van der Waals surface area contributed by atoms with Crippen molar-refractivity contribution >= 4 is 17.5 Å². The summed E-state index contributed by atoms with van der Waals surface area (Å²) in [6.45, 7) is 2.71. The van der Waals surface area contributed by atoms with E-state index in [0.29, 0.717) is 24.3 Å². The van der Waals surface area contributed by atoms with Gasteiger partial charge in [0.05, 0.1) is 5.56 Å². The van der Waals surface area contributed by atoms with Crippen LogP contribution >= 0.6 is 0 Å². The highest BCUT2D eigenvalue weighted by Crippen LogP contribution is 2.22. The van der Waals surface area contributed by atoms with Gasteiger partial charge >= 0.3 is 0 Å². The molecule has 0 radical (unpaired) electrons. The Bertz CT molecular complexity index is 888. The quantitative estimate of drug-likeness (QED) is 0.855. The smallest absolute Gasteiger partial charge is 0.261 e. The molecule has 27 heavy (non-hydrogen) atoms. The van der Waals surface area contributed by atoms with E-state index in [1.54, 1.807) is 36.1 Å². The van der Waals surface area contributed by atoms with Crippen LogP contribution in [-0.4, -0.2) is 24.5 Å². The monoisotopic (exact) mass is 363 g/mol. The minimum atomic E-state index is -0.733. The van der Waals surface area contributed by atoms with E-state index in [4.69, 9.17) is 10.00 Å². The van der Waals surface area contributed by atoms with Gasteiger partial charge in [-0.1, -0.05) is 24.3 Å². The van der Waals surface area contributed by atoms with E-state index >= 15 is 0 Å².